The molecule has 1 rings (SSSR count). The monoisotopic (exact) mass is 332 g/mol. The van der Waals surface area contributed by atoms with E-state index in [4.69, 9.17) is 11.6 Å². The summed E-state index contributed by atoms with van der Waals surface area (Å²) in [4.78, 5) is 11.6. The number of hydrogen-bond donors (Lipinski definition) is 2. The number of hydrogen-bond acceptors (Lipinski definition) is 3. The van der Waals surface area contributed by atoms with Gasteiger partial charge >= 0.3 is 6.03 Å². The molecule has 2 amide bonds. The van der Waals surface area contributed by atoms with Crippen LogP contribution < -0.4 is 10.6 Å². The minimum Gasteiger partial charge on any atom is -0.338 e. The average Bonchev–Trinajstić information content (AvgIpc) is 2.35. The third kappa shape index (κ3) is 8.57. The van der Waals surface area contributed by atoms with Gasteiger partial charge in [-0.1, -0.05) is 23.7 Å². The van der Waals surface area contributed by atoms with Crippen LogP contribution in [0.2, 0.25) is 5.02 Å². The number of benzene rings is 1. The van der Waals surface area contributed by atoms with Gasteiger partial charge in [0.15, 0.2) is 0 Å². The fraction of sp³-hybridized carbons (Fsp3) is 0.500. The highest BCUT2D eigenvalue weighted by molar-refractivity contribution is 7.90. The molecule has 118 valence electrons. The van der Waals surface area contributed by atoms with Crippen molar-refractivity contribution in [1.29, 1.82) is 0 Å². The van der Waals surface area contributed by atoms with E-state index in [0.717, 1.165) is 5.56 Å². The lowest BCUT2D eigenvalue weighted by molar-refractivity contribution is 0.237. The molecule has 0 fully saturated rings. The minimum absolute atomic E-state index is 0.0664. The van der Waals surface area contributed by atoms with Crippen molar-refractivity contribution in [3.63, 3.8) is 0 Å². The van der Waals surface area contributed by atoms with Gasteiger partial charge in [0, 0.05) is 23.9 Å². The molecular weight excluding hydrogens is 312 g/mol. The number of carbonyl (C=O) groups is 1. The summed E-state index contributed by atoms with van der Waals surface area (Å²) in [5, 5.41) is 6.12. The summed E-state index contributed by atoms with van der Waals surface area (Å²) in [6.45, 7) is 2.27. The van der Waals surface area contributed by atoms with Crippen LogP contribution in [0.15, 0.2) is 24.3 Å². The van der Waals surface area contributed by atoms with Gasteiger partial charge in [-0.05, 0) is 37.5 Å². The summed E-state index contributed by atoms with van der Waals surface area (Å²) < 4.78 is 22.1. The van der Waals surface area contributed by atoms with Crippen molar-refractivity contribution in [2.24, 2.45) is 0 Å². The van der Waals surface area contributed by atoms with E-state index in [1.807, 2.05) is 18.2 Å². The highest BCUT2D eigenvalue weighted by Gasteiger charge is 2.10. The number of carbonyl (C=O) groups excluding carboxylic acids is 1. The van der Waals surface area contributed by atoms with Gasteiger partial charge < -0.3 is 10.6 Å². The van der Waals surface area contributed by atoms with E-state index in [2.05, 4.69) is 10.6 Å². The molecule has 0 bridgehead atoms. The summed E-state index contributed by atoms with van der Waals surface area (Å²) in [6.07, 6.45) is 2.27. The lowest BCUT2D eigenvalue weighted by Gasteiger charge is -2.14. The highest BCUT2D eigenvalue weighted by atomic mass is 35.5. The maximum Gasteiger partial charge on any atom is 0.315 e. The molecule has 2 N–H and O–H groups in total. The zero-order chi connectivity index (χ0) is 15.9. The second kappa shape index (κ2) is 8.24. The fourth-order valence-corrected chi connectivity index (χ4v) is 2.75. The summed E-state index contributed by atoms with van der Waals surface area (Å²) >= 11 is 5.88. The Hall–Kier alpha value is -1.27. The Morgan fingerprint density at radius 3 is 2.71 bits per heavy atom. The number of sulfone groups is 1. The molecule has 0 aliphatic rings. The van der Waals surface area contributed by atoms with Crippen LogP contribution in [0.25, 0.3) is 0 Å². The van der Waals surface area contributed by atoms with E-state index < -0.39 is 9.84 Å². The van der Waals surface area contributed by atoms with Crippen molar-refractivity contribution in [3.8, 4) is 0 Å². The van der Waals surface area contributed by atoms with Gasteiger partial charge in [-0.25, -0.2) is 13.2 Å². The minimum atomic E-state index is -3.00. The van der Waals surface area contributed by atoms with Crippen molar-refractivity contribution < 1.29 is 13.2 Å². The standard InChI is InChI=1S/C14H21ClN2O3S/c1-11(7-9-21(2,19)20)17-14(18)16-8-6-12-4-3-5-13(15)10-12/h3-5,10-11H,6-9H2,1-2H3,(H2,16,17,18)/t11-/m1/s1. The largest absolute Gasteiger partial charge is 0.338 e. The number of rotatable bonds is 7. The molecule has 0 heterocycles. The van der Waals surface area contributed by atoms with Crippen LogP contribution in [-0.2, 0) is 16.3 Å². The van der Waals surface area contributed by atoms with Crippen molar-refractivity contribution in [1.82, 2.24) is 10.6 Å². The first-order valence-electron chi connectivity index (χ1n) is 6.73. The number of urea groups is 1. The van der Waals surface area contributed by atoms with Crippen LogP contribution in [0.3, 0.4) is 0 Å². The molecule has 0 radical (unpaired) electrons. The molecule has 0 aliphatic heterocycles. The van der Waals surface area contributed by atoms with Crippen molar-refractivity contribution >= 4 is 27.5 Å². The molecule has 1 aromatic rings. The van der Waals surface area contributed by atoms with Crippen molar-refractivity contribution in [2.45, 2.75) is 25.8 Å². The molecule has 7 heteroatoms. The lowest BCUT2D eigenvalue weighted by atomic mass is 10.1. The molecule has 0 aromatic heterocycles. The Morgan fingerprint density at radius 2 is 2.10 bits per heavy atom. The molecule has 0 spiro atoms. The van der Waals surface area contributed by atoms with E-state index in [0.29, 0.717) is 24.4 Å². The van der Waals surface area contributed by atoms with Crippen LogP contribution in [0, 0.1) is 0 Å². The number of halogens is 1. The summed E-state index contributed by atoms with van der Waals surface area (Å²) in [7, 11) is -3.00. The quantitative estimate of drug-likeness (QED) is 0.802. The van der Waals surface area contributed by atoms with Crippen LogP contribution in [0.4, 0.5) is 4.79 Å². The lowest BCUT2D eigenvalue weighted by Crippen LogP contribution is -2.42. The SMILES string of the molecule is C[C@H](CCS(C)(=O)=O)NC(=O)NCCc1cccc(Cl)c1. The van der Waals surface area contributed by atoms with Crippen LogP contribution in [-0.4, -0.2) is 39.0 Å². The average molecular weight is 333 g/mol. The molecule has 1 atom stereocenters. The predicted octanol–water partition coefficient (Wildman–Crippen LogP) is 2.00. The first-order chi connectivity index (χ1) is 9.76. The zero-order valence-corrected chi connectivity index (χ0v) is 13.8. The van der Waals surface area contributed by atoms with E-state index >= 15 is 0 Å². The molecule has 0 saturated carbocycles. The molecule has 21 heavy (non-hydrogen) atoms. The third-order valence-electron chi connectivity index (χ3n) is 2.89. The first kappa shape index (κ1) is 17.8. The smallest absolute Gasteiger partial charge is 0.315 e. The molecule has 0 unspecified atom stereocenters. The van der Waals surface area contributed by atoms with E-state index in [1.165, 1.54) is 6.26 Å². The number of nitrogens with one attached hydrogen (secondary N) is 2. The van der Waals surface area contributed by atoms with Crippen LogP contribution >= 0.6 is 11.6 Å². The maximum atomic E-state index is 11.6. The second-order valence-electron chi connectivity index (χ2n) is 5.10. The number of amides is 2. The zero-order valence-electron chi connectivity index (χ0n) is 12.2. The Kier molecular flexibility index (Phi) is 6.98. The van der Waals surface area contributed by atoms with Crippen molar-refractivity contribution in [2.75, 3.05) is 18.6 Å². The normalized spacial score (nSPS) is 12.7. The summed E-state index contributed by atoms with van der Waals surface area (Å²) in [5.41, 5.74) is 1.05. The van der Waals surface area contributed by atoms with Gasteiger partial charge in [0.25, 0.3) is 0 Å². The van der Waals surface area contributed by atoms with Crippen molar-refractivity contribution in [3.05, 3.63) is 34.9 Å². The van der Waals surface area contributed by atoms with Gasteiger partial charge in [-0.3, -0.25) is 0 Å². The summed E-state index contributed by atoms with van der Waals surface area (Å²) in [5.74, 6) is 0.0664. The van der Waals surface area contributed by atoms with Crippen LogP contribution in [0.1, 0.15) is 18.9 Å². The van der Waals surface area contributed by atoms with Gasteiger partial charge in [0.1, 0.15) is 9.84 Å². The highest BCUT2D eigenvalue weighted by Crippen LogP contribution is 2.10. The first-order valence-corrected chi connectivity index (χ1v) is 9.16. The molecular formula is C14H21ClN2O3S. The van der Waals surface area contributed by atoms with Gasteiger partial charge in [-0.2, -0.15) is 0 Å². The van der Waals surface area contributed by atoms with E-state index in [9.17, 15) is 13.2 Å². The van der Waals surface area contributed by atoms with Crippen LogP contribution in [0.5, 0.6) is 0 Å². The maximum absolute atomic E-state index is 11.6. The predicted molar refractivity (Wildman–Crippen MR) is 85.5 cm³/mol. The molecule has 1 aromatic carbocycles. The Morgan fingerprint density at radius 1 is 1.38 bits per heavy atom. The van der Waals surface area contributed by atoms with Gasteiger partial charge in [-0.15, -0.1) is 0 Å². The molecule has 5 nitrogen and oxygen atoms in total. The summed E-state index contributed by atoms with van der Waals surface area (Å²) in [6, 6.07) is 6.99. The Bertz CT molecular complexity index is 575. The van der Waals surface area contributed by atoms with Gasteiger partial charge in [0.2, 0.25) is 0 Å². The van der Waals surface area contributed by atoms with Gasteiger partial charge in [0.05, 0.1) is 5.75 Å². The Balaban J connectivity index is 2.25. The second-order valence-corrected chi connectivity index (χ2v) is 7.80. The Labute approximate surface area is 131 Å². The van der Waals surface area contributed by atoms with E-state index in [1.54, 1.807) is 13.0 Å². The fourth-order valence-electron chi connectivity index (χ4n) is 1.75. The van der Waals surface area contributed by atoms with E-state index in [-0.39, 0.29) is 17.8 Å². The topological polar surface area (TPSA) is 75.3 Å². The third-order valence-corrected chi connectivity index (χ3v) is 4.10. The molecule has 0 saturated heterocycles. The molecule has 0 aliphatic carbocycles.